The van der Waals surface area contributed by atoms with Crippen LogP contribution in [0.15, 0.2) is 51.9 Å². The van der Waals surface area contributed by atoms with Crippen molar-refractivity contribution in [3.63, 3.8) is 0 Å². The predicted molar refractivity (Wildman–Crippen MR) is 105 cm³/mol. The quantitative estimate of drug-likeness (QED) is 0.545. The average Bonchev–Trinajstić information content (AvgIpc) is 3.26. The molecular weight excluding hydrogens is 400 g/mol. The molecule has 142 valence electrons. The molecule has 1 N–H and O–H groups in total. The molecular formula is C18H14N4O4S2. The van der Waals surface area contributed by atoms with Crippen LogP contribution in [0.4, 0.5) is 5.13 Å². The van der Waals surface area contributed by atoms with Gasteiger partial charge in [-0.3, -0.25) is 10.1 Å². The minimum atomic E-state index is -3.30. The molecule has 8 nitrogen and oxygen atoms in total. The van der Waals surface area contributed by atoms with Gasteiger partial charge in [-0.2, -0.15) is 4.98 Å². The van der Waals surface area contributed by atoms with Gasteiger partial charge in [0.05, 0.1) is 15.1 Å². The Hall–Kier alpha value is -3.11. The molecule has 0 bridgehead atoms. The van der Waals surface area contributed by atoms with Gasteiger partial charge in [-0.1, -0.05) is 16.5 Å². The largest absolute Gasteiger partial charge is 0.334 e. The molecule has 4 rings (SSSR count). The molecule has 1 amide bonds. The lowest BCUT2D eigenvalue weighted by Gasteiger charge is -2.02. The van der Waals surface area contributed by atoms with Crippen molar-refractivity contribution in [3.8, 4) is 11.5 Å². The van der Waals surface area contributed by atoms with Crippen LogP contribution in [0.3, 0.4) is 0 Å². The monoisotopic (exact) mass is 414 g/mol. The fraction of sp³-hybridized carbons (Fsp3) is 0.111. The molecule has 0 atom stereocenters. The van der Waals surface area contributed by atoms with E-state index in [9.17, 15) is 13.2 Å². The smallest absolute Gasteiger partial charge is 0.257 e. The van der Waals surface area contributed by atoms with Crippen molar-refractivity contribution in [1.29, 1.82) is 0 Å². The molecule has 2 aromatic carbocycles. The van der Waals surface area contributed by atoms with Gasteiger partial charge >= 0.3 is 0 Å². The number of fused-ring (bicyclic) bond motifs is 1. The van der Waals surface area contributed by atoms with Crippen molar-refractivity contribution in [2.24, 2.45) is 0 Å². The summed E-state index contributed by atoms with van der Waals surface area (Å²) in [6.45, 7) is 1.73. The normalized spacial score (nSPS) is 11.6. The van der Waals surface area contributed by atoms with E-state index in [0.29, 0.717) is 38.2 Å². The van der Waals surface area contributed by atoms with E-state index >= 15 is 0 Å². The van der Waals surface area contributed by atoms with Gasteiger partial charge in [0.1, 0.15) is 0 Å². The molecule has 0 aliphatic rings. The van der Waals surface area contributed by atoms with Crippen LogP contribution < -0.4 is 5.32 Å². The van der Waals surface area contributed by atoms with E-state index < -0.39 is 9.84 Å². The number of hydrogen-bond acceptors (Lipinski definition) is 8. The molecule has 0 aliphatic carbocycles. The van der Waals surface area contributed by atoms with Crippen molar-refractivity contribution in [2.75, 3.05) is 11.6 Å². The molecule has 0 saturated heterocycles. The summed E-state index contributed by atoms with van der Waals surface area (Å²) >= 11 is 1.21. The Morgan fingerprint density at radius 2 is 1.86 bits per heavy atom. The number of thiazole rings is 1. The van der Waals surface area contributed by atoms with Crippen LogP contribution in [0.25, 0.3) is 21.7 Å². The van der Waals surface area contributed by atoms with Crippen LogP contribution in [0, 0.1) is 6.92 Å². The Labute approximate surface area is 164 Å². The van der Waals surface area contributed by atoms with Gasteiger partial charge in [0.15, 0.2) is 20.8 Å². The van der Waals surface area contributed by atoms with Crippen molar-refractivity contribution in [1.82, 2.24) is 15.1 Å². The first-order valence-electron chi connectivity index (χ1n) is 8.12. The lowest BCUT2D eigenvalue weighted by molar-refractivity contribution is 0.102. The molecule has 10 heteroatoms. The van der Waals surface area contributed by atoms with Crippen LogP contribution >= 0.6 is 11.3 Å². The number of carbonyl (C=O) groups is 1. The van der Waals surface area contributed by atoms with E-state index in [1.54, 1.807) is 43.3 Å². The Morgan fingerprint density at radius 1 is 1.11 bits per heavy atom. The third kappa shape index (κ3) is 3.64. The van der Waals surface area contributed by atoms with Crippen LogP contribution in [-0.2, 0) is 9.84 Å². The number of amides is 1. The molecule has 28 heavy (non-hydrogen) atoms. The summed E-state index contributed by atoms with van der Waals surface area (Å²) < 4.78 is 29.1. The van der Waals surface area contributed by atoms with Gasteiger partial charge < -0.3 is 4.52 Å². The van der Waals surface area contributed by atoms with Crippen LogP contribution in [0.1, 0.15) is 16.2 Å². The summed E-state index contributed by atoms with van der Waals surface area (Å²) in [6.07, 6.45) is 1.15. The summed E-state index contributed by atoms with van der Waals surface area (Å²) in [5.74, 6) is 0.597. The highest BCUT2D eigenvalue weighted by molar-refractivity contribution is 7.90. The summed E-state index contributed by atoms with van der Waals surface area (Å²) in [6, 6.07) is 11.4. The van der Waals surface area contributed by atoms with Gasteiger partial charge in [0.2, 0.25) is 0 Å². The number of carbonyl (C=O) groups excluding carboxylic acids is 1. The fourth-order valence-electron chi connectivity index (χ4n) is 2.54. The molecule has 2 heterocycles. The first-order valence-corrected chi connectivity index (χ1v) is 10.8. The number of aryl methyl sites for hydroxylation is 1. The topological polar surface area (TPSA) is 115 Å². The van der Waals surface area contributed by atoms with Gasteiger partial charge in [-0.15, -0.1) is 0 Å². The standard InChI is InChI=1S/C18H14N4O4S2/c1-10-19-17(26-22-10)12-5-3-11(4-6-12)16(23)21-18-20-14-8-7-13(28(2,24)25)9-15(14)27-18/h3-9H,1-2H3,(H,20,21,23). The zero-order chi connectivity index (χ0) is 19.9. The summed E-state index contributed by atoms with van der Waals surface area (Å²) in [5, 5.41) is 6.87. The van der Waals surface area contributed by atoms with Gasteiger partial charge in [-0.25, -0.2) is 13.4 Å². The first kappa shape index (κ1) is 18.3. The van der Waals surface area contributed by atoms with Crippen LogP contribution in [-0.4, -0.2) is 35.7 Å². The highest BCUT2D eigenvalue weighted by Crippen LogP contribution is 2.28. The minimum Gasteiger partial charge on any atom is -0.334 e. The van der Waals surface area contributed by atoms with E-state index in [1.807, 2.05) is 0 Å². The second kappa shape index (κ2) is 6.80. The van der Waals surface area contributed by atoms with E-state index in [1.165, 1.54) is 17.4 Å². The molecule has 2 aromatic heterocycles. The fourth-order valence-corrected chi connectivity index (χ4v) is 4.16. The third-order valence-corrected chi connectivity index (χ3v) is 5.97. The lowest BCUT2D eigenvalue weighted by atomic mass is 10.1. The van der Waals surface area contributed by atoms with Crippen molar-refractivity contribution in [2.45, 2.75) is 11.8 Å². The van der Waals surface area contributed by atoms with Crippen molar-refractivity contribution >= 4 is 42.4 Å². The highest BCUT2D eigenvalue weighted by atomic mass is 32.2. The Morgan fingerprint density at radius 3 is 2.50 bits per heavy atom. The van der Waals surface area contributed by atoms with Crippen molar-refractivity contribution in [3.05, 3.63) is 53.9 Å². The van der Waals surface area contributed by atoms with Crippen molar-refractivity contribution < 1.29 is 17.7 Å². The second-order valence-electron chi connectivity index (χ2n) is 6.10. The zero-order valence-electron chi connectivity index (χ0n) is 14.8. The first-order chi connectivity index (χ1) is 13.3. The number of rotatable bonds is 4. The second-order valence-corrected chi connectivity index (χ2v) is 9.15. The predicted octanol–water partition coefficient (Wildman–Crippen LogP) is 3.31. The number of aromatic nitrogens is 3. The maximum Gasteiger partial charge on any atom is 0.257 e. The van der Waals surface area contributed by atoms with Gasteiger partial charge in [0, 0.05) is 17.4 Å². The number of anilines is 1. The summed E-state index contributed by atoms with van der Waals surface area (Å²) in [5.41, 5.74) is 1.77. The number of sulfone groups is 1. The Kier molecular flexibility index (Phi) is 4.44. The molecule has 0 fully saturated rings. The number of hydrogen-bond donors (Lipinski definition) is 1. The van der Waals surface area contributed by atoms with E-state index in [4.69, 9.17) is 4.52 Å². The van der Waals surface area contributed by atoms with E-state index in [0.717, 1.165) is 6.26 Å². The van der Waals surface area contributed by atoms with Crippen LogP contribution in [0.2, 0.25) is 0 Å². The Bertz CT molecular complexity index is 1290. The molecule has 0 radical (unpaired) electrons. The minimum absolute atomic E-state index is 0.216. The lowest BCUT2D eigenvalue weighted by Crippen LogP contribution is -2.11. The summed E-state index contributed by atoms with van der Waals surface area (Å²) in [7, 11) is -3.30. The number of nitrogens with one attached hydrogen (secondary N) is 1. The molecule has 0 saturated carbocycles. The van der Waals surface area contributed by atoms with E-state index in [2.05, 4.69) is 20.4 Å². The molecule has 4 aromatic rings. The van der Waals surface area contributed by atoms with E-state index in [-0.39, 0.29) is 10.8 Å². The molecule has 0 aliphatic heterocycles. The zero-order valence-corrected chi connectivity index (χ0v) is 16.5. The summed E-state index contributed by atoms with van der Waals surface area (Å²) in [4.78, 5) is 21.2. The maximum absolute atomic E-state index is 12.5. The average molecular weight is 414 g/mol. The highest BCUT2D eigenvalue weighted by Gasteiger charge is 2.14. The van der Waals surface area contributed by atoms with Gasteiger partial charge in [0.25, 0.3) is 11.8 Å². The molecule has 0 spiro atoms. The SMILES string of the molecule is Cc1noc(-c2ccc(C(=O)Nc3nc4ccc(S(C)(=O)=O)cc4s3)cc2)n1. The van der Waals surface area contributed by atoms with Crippen LogP contribution in [0.5, 0.6) is 0 Å². The Balaban J connectivity index is 1.54. The molecule has 0 unspecified atom stereocenters. The van der Waals surface area contributed by atoms with Gasteiger partial charge in [-0.05, 0) is 49.4 Å². The number of nitrogens with zero attached hydrogens (tertiary/aromatic N) is 3. The third-order valence-electron chi connectivity index (χ3n) is 3.93. The maximum atomic E-state index is 12.5. The number of benzene rings is 2.